The number of carbonyl (C=O) groups is 1. The molecule has 5 rings (SSSR count). The summed E-state index contributed by atoms with van der Waals surface area (Å²) >= 11 is 0. The molecule has 0 aromatic heterocycles. The number of likely N-dealkylation sites (tertiary alicyclic amines) is 2. The minimum Gasteiger partial charge on any atom is -0.450 e. The molecule has 4 aliphatic rings. The van der Waals surface area contributed by atoms with Gasteiger partial charge in [0.1, 0.15) is 11.9 Å². The molecule has 1 aromatic rings. The summed E-state index contributed by atoms with van der Waals surface area (Å²) in [7, 11) is 0. The molecule has 0 bridgehead atoms. The van der Waals surface area contributed by atoms with Crippen LogP contribution in [0.15, 0.2) is 18.2 Å². The van der Waals surface area contributed by atoms with Gasteiger partial charge in [-0.25, -0.2) is 9.18 Å². The maximum Gasteiger partial charge on any atom is 0.409 e. The Bertz CT molecular complexity index is 798. The minimum absolute atomic E-state index is 0.00224. The number of hydrogen-bond donors (Lipinski definition) is 0. The van der Waals surface area contributed by atoms with E-state index in [4.69, 9.17) is 9.47 Å². The predicted octanol–water partition coefficient (Wildman–Crippen LogP) is 3.00. The van der Waals surface area contributed by atoms with Crippen molar-refractivity contribution < 1.29 is 18.7 Å². The lowest BCUT2D eigenvalue weighted by molar-refractivity contribution is 0.0703. The fourth-order valence-corrected chi connectivity index (χ4v) is 5.49. The van der Waals surface area contributed by atoms with Gasteiger partial charge in [0, 0.05) is 49.9 Å². The fourth-order valence-electron chi connectivity index (χ4n) is 5.49. The van der Waals surface area contributed by atoms with E-state index in [0.29, 0.717) is 12.6 Å². The highest BCUT2D eigenvalue weighted by Crippen LogP contribution is 2.44. The Morgan fingerprint density at radius 1 is 1.31 bits per heavy atom. The number of anilines is 1. The number of fused-ring (bicyclic) bond motifs is 2. The molecule has 4 aliphatic heterocycles. The molecule has 0 saturated carbocycles. The van der Waals surface area contributed by atoms with Gasteiger partial charge in [0.15, 0.2) is 6.23 Å². The van der Waals surface area contributed by atoms with E-state index in [1.165, 1.54) is 5.56 Å². The van der Waals surface area contributed by atoms with Gasteiger partial charge in [-0.05, 0) is 50.8 Å². The average molecular weight is 403 g/mol. The third-order valence-corrected chi connectivity index (χ3v) is 7.18. The maximum absolute atomic E-state index is 13.9. The Labute approximate surface area is 171 Å². The van der Waals surface area contributed by atoms with Crippen molar-refractivity contribution in [3.05, 3.63) is 29.6 Å². The van der Waals surface area contributed by atoms with Crippen molar-refractivity contribution in [2.24, 2.45) is 0 Å². The second-order valence-corrected chi connectivity index (χ2v) is 9.04. The number of ether oxygens (including phenoxy) is 2. The Balaban J connectivity index is 1.25. The van der Waals surface area contributed by atoms with Gasteiger partial charge < -0.3 is 19.3 Å². The standard InChI is InChI=1S/C22H30FN3O3/c1-3-28-21(27)24-11-8-22(2,14-24)25-9-6-17(7-10-25)26-18-13-16(23)5-4-15(18)12-19-20(26)29-19/h4-5,13,17,19-20H,3,6-12,14H2,1-2H3. The van der Waals surface area contributed by atoms with Crippen molar-refractivity contribution in [3.8, 4) is 0 Å². The smallest absolute Gasteiger partial charge is 0.409 e. The van der Waals surface area contributed by atoms with Crippen molar-refractivity contribution in [1.82, 2.24) is 9.80 Å². The molecule has 7 heteroatoms. The van der Waals surface area contributed by atoms with E-state index in [1.807, 2.05) is 17.9 Å². The van der Waals surface area contributed by atoms with Gasteiger partial charge in [-0.3, -0.25) is 4.90 Å². The molecule has 6 nitrogen and oxygen atoms in total. The molecule has 0 spiro atoms. The summed E-state index contributed by atoms with van der Waals surface area (Å²) in [5, 5.41) is 0. The number of carbonyl (C=O) groups excluding carboxylic acids is 1. The first-order valence-corrected chi connectivity index (χ1v) is 10.9. The molecule has 3 fully saturated rings. The molecule has 3 atom stereocenters. The van der Waals surface area contributed by atoms with Gasteiger partial charge >= 0.3 is 6.09 Å². The highest BCUT2D eigenvalue weighted by atomic mass is 19.1. The molecular formula is C22H30FN3O3. The van der Waals surface area contributed by atoms with Crippen LogP contribution < -0.4 is 4.90 Å². The molecule has 158 valence electrons. The first-order chi connectivity index (χ1) is 14.0. The van der Waals surface area contributed by atoms with Gasteiger partial charge in [-0.15, -0.1) is 0 Å². The van der Waals surface area contributed by atoms with Crippen LogP contribution in [0.5, 0.6) is 0 Å². The van der Waals surface area contributed by atoms with E-state index in [9.17, 15) is 9.18 Å². The van der Waals surface area contributed by atoms with Crippen molar-refractivity contribution in [1.29, 1.82) is 0 Å². The zero-order chi connectivity index (χ0) is 20.2. The Hall–Kier alpha value is -1.86. The van der Waals surface area contributed by atoms with Crippen LogP contribution in [0, 0.1) is 5.82 Å². The lowest BCUT2D eigenvalue weighted by atomic mass is 9.91. The zero-order valence-electron chi connectivity index (χ0n) is 17.3. The maximum atomic E-state index is 13.9. The van der Waals surface area contributed by atoms with Crippen molar-refractivity contribution >= 4 is 11.8 Å². The van der Waals surface area contributed by atoms with E-state index in [0.717, 1.165) is 57.5 Å². The van der Waals surface area contributed by atoms with E-state index in [2.05, 4.69) is 16.7 Å². The normalized spacial score (nSPS) is 32.1. The Morgan fingerprint density at radius 3 is 2.86 bits per heavy atom. The van der Waals surface area contributed by atoms with Crippen LogP contribution in [0.25, 0.3) is 0 Å². The van der Waals surface area contributed by atoms with Crippen LogP contribution in [0.1, 0.15) is 38.7 Å². The van der Waals surface area contributed by atoms with Crippen molar-refractivity contribution in [2.75, 3.05) is 37.7 Å². The number of piperidine rings is 1. The molecule has 0 radical (unpaired) electrons. The lowest BCUT2D eigenvalue weighted by Crippen LogP contribution is -2.55. The molecule has 0 N–H and O–H groups in total. The minimum atomic E-state index is -0.199. The Morgan fingerprint density at radius 2 is 2.10 bits per heavy atom. The first kappa shape index (κ1) is 19.1. The van der Waals surface area contributed by atoms with Gasteiger partial charge in [0.25, 0.3) is 0 Å². The van der Waals surface area contributed by atoms with Gasteiger partial charge in [-0.2, -0.15) is 0 Å². The first-order valence-electron chi connectivity index (χ1n) is 10.9. The van der Waals surface area contributed by atoms with E-state index in [-0.39, 0.29) is 29.8 Å². The Kier molecular flexibility index (Phi) is 4.70. The van der Waals surface area contributed by atoms with E-state index < -0.39 is 0 Å². The number of hydrogen-bond acceptors (Lipinski definition) is 5. The van der Waals surface area contributed by atoms with Crippen molar-refractivity contribution in [3.63, 3.8) is 0 Å². The van der Waals surface area contributed by atoms with Gasteiger partial charge in [0.05, 0.1) is 6.61 Å². The summed E-state index contributed by atoms with van der Waals surface area (Å²) in [6.45, 7) is 7.97. The number of nitrogens with zero attached hydrogens (tertiary/aromatic N) is 3. The van der Waals surface area contributed by atoms with E-state index in [1.54, 1.807) is 12.1 Å². The van der Waals surface area contributed by atoms with Crippen LogP contribution in [0.2, 0.25) is 0 Å². The number of benzene rings is 1. The molecule has 0 aliphatic carbocycles. The molecule has 4 heterocycles. The molecule has 29 heavy (non-hydrogen) atoms. The molecule has 3 saturated heterocycles. The second kappa shape index (κ2) is 7.13. The summed E-state index contributed by atoms with van der Waals surface area (Å²) in [6.07, 6.45) is 4.09. The molecular weight excluding hydrogens is 373 g/mol. The van der Waals surface area contributed by atoms with E-state index >= 15 is 0 Å². The molecule has 1 amide bonds. The van der Waals surface area contributed by atoms with Crippen LogP contribution in [0.3, 0.4) is 0 Å². The van der Waals surface area contributed by atoms with Gasteiger partial charge in [0.2, 0.25) is 0 Å². The summed E-state index contributed by atoms with van der Waals surface area (Å²) in [5.74, 6) is -0.178. The number of halogens is 1. The average Bonchev–Trinajstić information content (AvgIpc) is 3.37. The molecule has 3 unspecified atom stereocenters. The van der Waals surface area contributed by atoms with Crippen molar-refractivity contribution in [2.45, 2.75) is 63.4 Å². The highest BCUT2D eigenvalue weighted by Gasteiger charge is 2.51. The number of rotatable bonds is 3. The predicted molar refractivity (Wildman–Crippen MR) is 107 cm³/mol. The lowest BCUT2D eigenvalue weighted by Gasteiger charge is -2.46. The second-order valence-electron chi connectivity index (χ2n) is 9.04. The summed E-state index contributed by atoms with van der Waals surface area (Å²) in [4.78, 5) is 18.8. The SMILES string of the molecule is CCOC(=O)N1CCC(C)(N2CCC(N3c4cc(F)ccc4CC4OC43)CC2)C1. The fraction of sp³-hybridized carbons (Fsp3) is 0.682. The van der Waals surface area contributed by atoms with Crippen LogP contribution in [0.4, 0.5) is 14.9 Å². The van der Waals surface area contributed by atoms with Crippen LogP contribution in [-0.2, 0) is 15.9 Å². The third kappa shape index (κ3) is 3.38. The highest BCUT2D eigenvalue weighted by molar-refractivity contribution is 5.68. The summed E-state index contributed by atoms with van der Waals surface area (Å²) < 4.78 is 25.0. The quantitative estimate of drug-likeness (QED) is 0.727. The molecule has 1 aromatic carbocycles. The van der Waals surface area contributed by atoms with Gasteiger partial charge in [-0.1, -0.05) is 6.07 Å². The summed E-state index contributed by atoms with van der Waals surface area (Å²) in [6, 6.07) is 5.51. The third-order valence-electron chi connectivity index (χ3n) is 7.18. The largest absolute Gasteiger partial charge is 0.450 e. The topological polar surface area (TPSA) is 48.6 Å². The van der Waals surface area contributed by atoms with Crippen LogP contribution >= 0.6 is 0 Å². The zero-order valence-corrected chi connectivity index (χ0v) is 17.3. The number of amides is 1. The summed E-state index contributed by atoms with van der Waals surface area (Å²) in [5.41, 5.74) is 2.21. The monoisotopic (exact) mass is 403 g/mol. The van der Waals surface area contributed by atoms with Crippen LogP contribution in [-0.4, -0.2) is 72.6 Å². The number of epoxide rings is 1.